The van der Waals surface area contributed by atoms with Gasteiger partial charge in [-0.3, -0.25) is 0 Å². The highest BCUT2D eigenvalue weighted by atomic mass is 35.5. The third kappa shape index (κ3) is 2.72. The lowest BCUT2D eigenvalue weighted by molar-refractivity contribution is -0.0528. The number of fused-ring (bicyclic) bond motifs is 1. The first-order valence-electron chi connectivity index (χ1n) is 7.02. The second-order valence-electron chi connectivity index (χ2n) is 5.37. The molecule has 0 N–H and O–H groups in total. The van der Waals surface area contributed by atoms with Crippen LogP contribution in [-0.2, 0) is 0 Å². The molecule has 3 aromatic rings. The molecule has 118 valence electrons. The molecule has 1 saturated carbocycles. The average molecular weight is 337 g/mol. The smallest absolute Gasteiger partial charge is 0.388 e. The van der Waals surface area contributed by atoms with Crippen LogP contribution in [0.25, 0.3) is 5.65 Å². The summed E-state index contributed by atoms with van der Waals surface area (Å²) >= 11 is 6.06. The van der Waals surface area contributed by atoms with Crippen molar-refractivity contribution >= 4 is 17.2 Å². The van der Waals surface area contributed by atoms with Crippen molar-refractivity contribution in [3.63, 3.8) is 0 Å². The van der Waals surface area contributed by atoms with Gasteiger partial charge in [-0.05, 0) is 29.9 Å². The summed E-state index contributed by atoms with van der Waals surface area (Å²) in [5.41, 5.74) is 2.80. The van der Waals surface area contributed by atoms with E-state index in [2.05, 4.69) is 19.8 Å². The average Bonchev–Trinajstić information content (AvgIpc) is 3.16. The largest absolute Gasteiger partial charge is 0.417 e. The minimum absolute atomic E-state index is 0.0800. The number of alkyl halides is 2. The summed E-state index contributed by atoms with van der Waals surface area (Å²) in [6.07, 6.45) is 5.94. The van der Waals surface area contributed by atoms with Crippen molar-refractivity contribution in [3.8, 4) is 5.88 Å². The van der Waals surface area contributed by atoms with Crippen molar-refractivity contribution in [1.82, 2.24) is 19.6 Å². The molecule has 1 aliphatic carbocycles. The van der Waals surface area contributed by atoms with Gasteiger partial charge in [0.1, 0.15) is 5.15 Å². The number of imidazole rings is 1. The summed E-state index contributed by atoms with van der Waals surface area (Å²) < 4.78 is 30.2. The van der Waals surface area contributed by atoms with Crippen LogP contribution >= 0.6 is 11.6 Å². The third-order valence-electron chi connectivity index (χ3n) is 3.94. The number of pyridine rings is 1. The maximum Gasteiger partial charge on any atom is 0.388 e. The summed E-state index contributed by atoms with van der Waals surface area (Å²) in [7, 11) is 0. The van der Waals surface area contributed by atoms with Gasteiger partial charge < -0.3 is 4.74 Å². The summed E-state index contributed by atoms with van der Waals surface area (Å²) in [5, 5.41) is 4.58. The van der Waals surface area contributed by atoms with Crippen LogP contribution in [0.1, 0.15) is 29.4 Å². The van der Waals surface area contributed by atoms with Gasteiger partial charge in [-0.1, -0.05) is 17.7 Å². The topological polar surface area (TPSA) is 52.3 Å². The van der Waals surface area contributed by atoms with Crippen molar-refractivity contribution in [2.75, 3.05) is 0 Å². The molecule has 8 heteroatoms. The van der Waals surface area contributed by atoms with E-state index in [0.29, 0.717) is 5.15 Å². The number of rotatable bonds is 4. The Balaban J connectivity index is 1.58. The third-order valence-corrected chi connectivity index (χ3v) is 4.13. The summed E-state index contributed by atoms with van der Waals surface area (Å²) in [4.78, 5) is 8.24. The van der Waals surface area contributed by atoms with Crippen molar-refractivity contribution in [3.05, 3.63) is 53.1 Å². The minimum Gasteiger partial charge on any atom is -0.417 e. The van der Waals surface area contributed by atoms with Crippen molar-refractivity contribution in [2.45, 2.75) is 24.9 Å². The SMILES string of the molecule is FC(F)Oc1ccc(C2CC2c2cc(Cl)nn3ccnc23)cn1. The number of ether oxygens (including phenoxy) is 1. The van der Waals surface area contributed by atoms with E-state index in [-0.39, 0.29) is 17.7 Å². The van der Waals surface area contributed by atoms with Gasteiger partial charge in [-0.15, -0.1) is 0 Å². The fraction of sp³-hybridized carbons (Fsp3) is 0.267. The lowest BCUT2D eigenvalue weighted by Gasteiger charge is -2.06. The zero-order valence-electron chi connectivity index (χ0n) is 11.7. The molecule has 0 spiro atoms. The van der Waals surface area contributed by atoms with Gasteiger partial charge in [0.15, 0.2) is 5.65 Å². The molecule has 0 radical (unpaired) electrons. The lowest BCUT2D eigenvalue weighted by atomic mass is 10.1. The predicted molar refractivity (Wildman–Crippen MR) is 79.0 cm³/mol. The summed E-state index contributed by atoms with van der Waals surface area (Å²) in [5.74, 6) is 0.453. The maximum atomic E-state index is 12.1. The molecule has 0 aliphatic heterocycles. The van der Waals surface area contributed by atoms with E-state index in [1.807, 2.05) is 6.07 Å². The molecule has 1 aliphatic rings. The molecule has 2 atom stereocenters. The number of hydrogen-bond acceptors (Lipinski definition) is 4. The molecule has 4 rings (SSSR count). The fourth-order valence-corrected chi connectivity index (χ4v) is 3.06. The van der Waals surface area contributed by atoms with Gasteiger partial charge in [-0.25, -0.2) is 14.5 Å². The molecule has 0 aromatic carbocycles. The number of aromatic nitrogens is 4. The zero-order valence-corrected chi connectivity index (χ0v) is 12.5. The number of hydrogen-bond donors (Lipinski definition) is 0. The van der Waals surface area contributed by atoms with Crippen LogP contribution in [0.2, 0.25) is 5.15 Å². The van der Waals surface area contributed by atoms with Gasteiger partial charge in [0, 0.05) is 30.2 Å². The Bertz CT molecular complexity index is 852. The lowest BCUT2D eigenvalue weighted by Crippen LogP contribution is -2.03. The molecule has 0 saturated heterocycles. The second kappa shape index (κ2) is 5.42. The van der Waals surface area contributed by atoms with Crippen LogP contribution in [0.15, 0.2) is 36.8 Å². The second-order valence-corrected chi connectivity index (χ2v) is 5.76. The van der Waals surface area contributed by atoms with E-state index < -0.39 is 6.61 Å². The molecule has 5 nitrogen and oxygen atoms in total. The molecule has 0 amide bonds. The van der Waals surface area contributed by atoms with Gasteiger partial charge in [0.05, 0.1) is 0 Å². The Morgan fingerprint density at radius 1 is 1.26 bits per heavy atom. The number of nitrogens with zero attached hydrogens (tertiary/aromatic N) is 4. The highest BCUT2D eigenvalue weighted by molar-refractivity contribution is 6.29. The van der Waals surface area contributed by atoms with Crippen LogP contribution in [0.3, 0.4) is 0 Å². The zero-order chi connectivity index (χ0) is 16.0. The Hall–Kier alpha value is -2.28. The Morgan fingerprint density at radius 3 is 2.87 bits per heavy atom. The van der Waals surface area contributed by atoms with Gasteiger partial charge in [0.2, 0.25) is 5.88 Å². The maximum absolute atomic E-state index is 12.1. The highest BCUT2D eigenvalue weighted by Gasteiger charge is 2.41. The molecule has 3 heterocycles. The van der Waals surface area contributed by atoms with Gasteiger partial charge >= 0.3 is 6.61 Å². The monoisotopic (exact) mass is 336 g/mol. The van der Waals surface area contributed by atoms with Crippen LogP contribution in [-0.4, -0.2) is 26.2 Å². The van der Waals surface area contributed by atoms with Crippen molar-refractivity contribution in [2.24, 2.45) is 0 Å². The minimum atomic E-state index is -2.87. The first-order valence-corrected chi connectivity index (χ1v) is 7.40. The van der Waals surface area contributed by atoms with E-state index in [4.69, 9.17) is 11.6 Å². The van der Waals surface area contributed by atoms with Crippen LogP contribution in [0.4, 0.5) is 8.78 Å². The van der Waals surface area contributed by atoms with E-state index in [0.717, 1.165) is 23.2 Å². The molecular formula is C15H11ClF2N4O. The predicted octanol–water partition coefficient (Wildman–Crippen LogP) is 3.65. The van der Waals surface area contributed by atoms with Crippen LogP contribution in [0.5, 0.6) is 5.88 Å². The normalized spacial score (nSPS) is 20.2. The van der Waals surface area contributed by atoms with E-state index in [1.165, 1.54) is 6.07 Å². The molecule has 23 heavy (non-hydrogen) atoms. The molecular weight excluding hydrogens is 326 g/mol. The first kappa shape index (κ1) is 14.3. The Kier molecular flexibility index (Phi) is 3.37. The van der Waals surface area contributed by atoms with Crippen LogP contribution < -0.4 is 4.74 Å². The van der Waals surface area contributed by atoms with E-state index >= 15 is 0 Å². The van der Waals surface area contributed by atoms with Gasteiger partial charge in [0.25, 0.3) is 0 Å². The van der Waals surface area contributed by atoms with E-state index in [1.54, 1.807) is 29.2 Å². The first-order chi connectivity index (χ1) is 11.1. The van der Waals surface area contributed by atoms with E-state index in [9.17, 15) is 8.78 Å². The van der Waals surface area contributed by atoms with Crippen molar-refractivity contribution < 1.29 is 13.5 Å². The van der Waals surface area contributed by atoms with Crippen LogP contribution in [0, 0.1) is 0 Å². The summed E-state index contributed by atoms with van der Waals surface area (Å²) in [6.45, 7) is -2.87. The number of halogens is 3. The standard InChI is InChI=1S/C15H11ClF2N4O/c16-12-6-11(14-19-3-4-22(14)21-12)10-5-9(10)8-1-2-13(20-7-8)23-15(17)18/h1-4,6-7,9-10,15H,5H2. The molecule has 1 fully saturated rings. The molecule has 0 bridgehead atoms. The Morgan fingerprint density at radius 2 is 2.13 bits per heavy atom. The Labute approximate surface area is 134 Å². The van der Waals surface area contributed by atoms with Gasteiger partial charge in [-0.2, -0.15) is 13.9 Å². The fourth-order valence-electron chi connectivity index (χ4n) is 2.86. The van der Waals surface area contributed by atoms with Crippen molar-refractivity contribution in [1.29, 1.82) is 0 Å². The molecule has 3 aromatic heterocycles. The summed E-state index contributed by atoms with van der Waals surface area (Å²) in [6, 6.07) is 5.05. The highest BCUT2D eigenvalue weighted by Crippen LogP contribution is 2.55. The quantitative estimate of drug-likeness (QED) is 0.729. The molecule has 2 unspecified atom stereocenters.